The first-order valence-corrected chi connectivity index (χ1v) is 5.12. The fourth-order valence-electron chi connectivity index (χ4n) is 1.30. The van der Waals surface area contributed by atoms with Gasteiger partial charge < -0.3 is 4.74 Å². The molecule has 3 nitrogen and oxygen atoms in total. The largest absolute Gasteiger partial charge is 0.481 e. The summed E-state index contributed by atoms with van der Waals surface area (Å²) in [6.45, 7) is 0. The summed E-state index contributed by atoms with van der Waals surface area (Å²) in [4.78, 5) is 4.30. The van der Waals surface area contributed by atoms with Gasteiger partial charge in [-0.3, -0.25) is 0 Å². The molecule has 0 spiro atoms. The van der Waals surface area contributed by atoms with Gasteiger partial charge in [-0.2, -0.15) is 5.26 Å². The maximum Gasteiger partial charge on any atom is 0.158 e. The molecule has 1 aliphatic rings. The minimum atomic E-state index is -0.385. The number of ether oxygens (including phenoxy) is 1. The van der Waals surface area contributed by atoms with E-state index in [-0.39, 0.29) is 11.8 Å². The molecule has 0 radical (unpaired) electrons. The molecular weight excluding hydrogens is 220 g/mol. The van der Waals surface area contributed by atoms with Crippen LogP contribution in [0.4, 0.5) is 0 Å². The van der Waals surface area contributed by atoms with Crippen molar-refractivity contribution in [1.29, 1.82) is 5.26 Å². The molecule has 0 fully saturated rings. The smallest absolute Gasteiger partial charge is 0.158 e. The van der Waals surface area contributed by atoms with E-state index in [1.807, 2.05) is 36.4 Å². The van der Waals surface area contributed by atoms with E-state index in [1.165, 1.54) is 0 Å². The van der Waals surface area contributed by atoms with Crippen LogP contribution in [-0.2, 0) is 0 Å². The second kappa shape index (κ2) is 4.69. The summed E-state index contributed by atoms with van der Waals surface area (Å²) in [5.74, 6) is 0.721. The van der Waals surface area contributed by atoms with Gasteiger partial charge in [-0.15, -0.1) is 0 Å². The van der Waals surface area contributed by atoms with Gasteiger partial charge in [0.25, 0.3) is 0 Å². The summed E-state index contributed by atoms with van der Waals surface area (Å²) in [5.41, 5.74) is 0.249. The van der Waals surface area contributed by atoms with Crippen molar-refractivity contribution in [1.82, 2.24) is 0 Å². The first-order chi connectivity index (χ1) is 7.81. The van der Waals surface area contributed by atoms with E-state index in [0.29, 0.717) is 4.86 Å². The molecule has 4 heteroatoms. The molecule has 0 bridgehead atoms. The highest BCUT2D eigenvalue weighted by Crippen LogP contribution is 2.14. The number of hydrogen-bond donors (Lipinski definition) is 0. The average Bonchev–Trinajstić information content (AvgIpc) is 2.33. The fraction of sp³-hybridized carbons (Fsp3) is 0.0833. The molecule has 78 valence electrons. The third-order valence-corrected chi connectivity index (χ3v) is 2.49. The molecule has 0 saturated heterocycles. The third-order valence-electron chi connectivity index (χ3n) is 2.07. The maximum absolute atomic E-state index is 8.79. The lowest BCUT2D eigenvalue weighted by Crippen LogP contribution is -2.31. The number of benzene rings is 1. The van der Waals surface area contributed by atoms with Gasteiger partial charge in [-0.05, 0) is 18.2 Å². The number of hydrogen-bond acceptors (Lipinski definition) is 4. The number of rotatable bonds is 2. The van der Waals surface area contributed by atoms with Crippen LogP contribution in [0.1, 0.15) is 0 Å². The quantitative estimate of drug-likeness (QED) is 0.729. The molecule has 1 atom stereocenters. The van der Waals surface area contributed by atoms with E-state index < -0.39 is 0 Å². The number of thiocarbonyl (C=S) groups is 1. The summed E-state index contributed by atoms with van der Waals surface area (Å²) < 4.78 is 5.64. The summed E-state index contributed by atoms with van der Waals surface area (Å²) in [7, 11) is 0. The van der Waals surface area contributed by atoms with Crippen LogP contribution in [0.15, 0.2) is 47.6 Å². The molecule has 2 rings (SSSR count). The Morgan fingerprint density at radius 3 is 2.75 bits per heavy atom. The normalized spacial score (nSPS) is 18.8. The Morgan fingerprint density at radius 2 is 2.06 bits per heavy atom. The van der Waals surface area contributed by atoms with Crippen LogP contribution in [0, 0.1) is 11.3 Å². The Hall–Kier alpha value is -1.99. The first-order valence-electron chi connectivity index (χ1n) is 4.72. The standard InChI is InChI=1S/C12H8N2OS/c13-8-10-12(16)11(6-7-14-10)15-9-4-2-1-3-5-9/h1-7,11H/t11-/m1/s1. The summed E-state index contributed by atoms with van der Waals surface area (Å²) in [6, 6.07) is 11.3. The Bertz CT molecular complexity index is 500. The zero-order valence-electron chi connectivity index (χ0n) is 8.33. The van der Waals surface area contributed by atoms with Gasteiger partial charge >= 0.3 is 0 Å². The molecule has 0 saturated carbocycles. The van der Waals surface area contributed by atoms with Crippen molar-refractivity contribution in [3.63, 3.8) is 0 Å². The highest BCUT2D eigenvalue weighted by molar-refractivity contribution is 7.82. The second-order valence-corrected chi connectivity index (χ2v) is 3.59. The van der Waals surface area contributed by atoms with Gasteiger partial charge in [0.2, 0.25) is 0 Å². The van der Waals surface area contributed by atoms with Crippen molar-refractivity contribution in [2.45, 2.75) is 6.10 Å². The maximum atomic E-state index is 8.79. The summed E-state index contributed by atoms with van der Waals surface area (Å²) in [6.07, 6.45) is 2.89. The third kappa shape index (κ3) is 2.15. The van der Waals surface area contributed by atoms with Crippen molar-refractivity contribution in [2.75, 3.05) is 0 Å². The van der Waals surface area contributed by atoms with E-state index in [1.54, 1.807) is 12.3 Å². The van der Waals surface area contributed by atoms with Gasteiger partial charge in [0, 0.05) is 6.20 Å². The molecule has 1 aliphatic heterocycles. The average molecular weight is 228 g/mol. The molecule has 16 heavy (non-hydrogen) atoms. The zero-order valence-corrected chi connectivity index (χ0v) is 9.15. The Labute approximate surface area is 98.7 Å². The van der Waals surface area contributed by atoms with Crippen LogP contribution < -0.4 is 4.74 Å². The van der Waals surface area contributed by atoms with Crippen molar-refractivity contribution in [3.8, 4) is 11.8 Å². The number of nitriles is 1. The molecule has 0 N–H and O–H groups in total. The molecule has 0 aromatic heterocycles. The number of aliphatic imine (C=N–C) groups is 1. The van der Waals surface area contributed by atoms with Crippen molar-refractivity contribution in [3.05, 3.63) is 42.6 Å². The van der Waals surface area contributed by atoms with Crippen molar-refractivity contribution < 1.29 is 4.74 Å². The van der Waals surface area contributed by atoms with E-state index >= 15 is 0 Å². The molecule has 0 aliphatic carbocycles. The van der Waals surface area contributed by atoms with Gasteiger partial charge in [0.15, 0.2) is 11.8 Å². The minimum absolute atomic E-state index is 0.249. The molecule has 1 heterocycles. The van der Waals surface area contributed by atoms with E-state index in [0.717, 1.165) is 5.75 Å². The van der Waals surface area contributed by atoms with Crippen molar-refractivity contribution in [2.24, 2.45) is 4.99 Å². The molecular formula is C12H8N2OS. The molecule has 1 aromatic carbocycles. The lowest BCUT2D eigenvalue weighted by molar-refractivity contribution is 0.316. The Balaban J connectivity index is 2.14. The molecule has 1 aromatic rings. The van der Waals surface area contributed by atoms with Gasteiger partial charge in [-0.25, -0.2) is 4.99 Å². The Morgan fingerprint density at radius 1 is 1.31 bits per heavy atom. The number of para-hydroxylation sites is 1. The monoisotopic (exact) mass is 228 g/mol. The SMILES string of the molecule is N#CC1=NC=C[C@@H](Oc2ccccc2)C1=S. The van der Waals surface area contributed by atoms with E-state index in [2.05, 4.69) is 4.99 Å². The van der Waals surface area contributed by atoms with Crippen LogP contribution >= 0.6 is 12.2 Å². The van der Waals surface area contributed by atoms with Gasteiger partial charge in [0.05, 0.1) is 4.86 Å². The minimum Gasteiger partial charge on any atom is -0.481 e. The highest BCUT2D eigenvalue weighted by atomic mass is 32.1. The van der Waals surface area contributed by atoms with Crippen LogP contribution in [-0.4, -0.2) is 16.7 Å². The van der Waals surface area contributed by atoms with E-state index in [4.69, 9.17) is 22.2 Å². The predicted molar refractivity (Wildman–Crippen MR) is 65.6 cm³/mol. The van der Waals surface area contributed by atoms with Crippen LogP contribution in [0.3, 0.4) is 0 Å². The second-order valence-electron chi connectivity index (χ2n) is 3.15. The van der Waals surface area contributed by atoms with Crippen molar-refractivity contribution >= 4 is 22.8 Å². The predicted octanol–water partition coefficient (Wildman–Crippen LogP) is 2.30. The summed E-state index contributed by atoms with van der Waals surface area (Å²) in [5, 5.41) is 8.79. The lowest BCUT2D eigenvalue weighted by Gasteiger charge is -2.17. The van der Waals surface area contributed by atoms with Gasteiger partial charge in [0.1, 0.15) is 11.8 Å². The van der Waals surface area contributed by atoms with Crippen LogP contribution in [0.25, 0.3) is 0 Å². The first kappa shape index (κ1) is 10.5. The summed E-state index contributed by atoms with van der Waals surface area (Å²) >= 11 is 5.12. The van der Waals surface area contributed by atoms with Gasteiger partial charge in [-0.1, -0.05) is 30.4 Å². The highest BCUT2D eigenvalue weighted by Gasteiger charge is 2.21. The zero-order chi connectivity index (χ0) is 11.4. The number of nitrogens with zero attached hydrogens (tertiary/aromatic N) is 2. The van der Waals surface area contributed by atoms with Crippen LogP contribution in [0.5, 0.6) is 5.75 Å². The molecule has 0 unspecified atom stereocenters. The Kier molecular flexibility index (Phi) is 3.08. The van der Waals surface area contributed by atoms with E-state index in [9.17, 15) is 0 Å². The topological polar surface area (TPSA) is 45.4 Å². The van der Waals surface area contributed by atoms with Crippen LogP contribution in [0.2, 0.25) is 0 Å². The fourth-order valence-corrected chi connectivity index (χ4v) is 1.53. The lowest BCUT2D eigenvalue weighted by atomic mass is 10.1. The molecule has 0 amide bonds.